The summed E-state index contributed by atoms with van der Waals surface area (Å²) >= 11 is 0. The summed E-state index contributed by atoms with van der Waals surface area (Å²) < 4.78 is 4.94. The maximum atomic E-state index is 12.3. The number of methoxy groups -OCH3 is 1. The standard InChI is InChI=1S/C22H26N4O5/c1-3-4-21(27)25-11-9-24(10-12-25)18-7-5-17(6-8-18)23-15-16-13-19(26(29)30)14-20(31-2)22(16)28/h5-8,13-15,28H,3-4,9-12H2,1-2H3/p-1. The second kappa shape index (κ2) is 9.92. The average molecular weight is 425 g/mol. The molecule has 0 aliphatic carbocycles. The van der Waals surface area contributed by atoms with Crippen LogP contribution in [0.5, 0.6) is 11.5 Å². The lowest BCUT2D eigenvalue weighted by Gasteiger charge is -2.36. The van der Waals surface area contributed by atoms with E-state index >= 15 is 0 Å². The van der Waals surface area contributed by atoms with Crippen LogP contribution in [-0.4, -0.2) is 55.2 Å². The normalized spacial score (nSPS) is 14.1. The number of piperazine rings is 1. The number of non-ortho nitro benzene ring substituents is 1. The number of aliphatic imine (C=N–C) groups is 1. The molecule has 0 unspecified atom stereocenters. The van der Waals surface area contributed by atoms with Gasteiger partial charge in [-0.25, -0.2) is 0 Å². The van der Waals surface area contributed by atoms with E-state index in [0.717, 1.165) is 31.3 Å². The Kier molecular flexibility index (Phi) is 7.07. The van der Waals surface area contributed by atoms with Gasteiger partial charge in [-0.15, -0.1) is 0 Å². The van der Waals surface area contributed by atoms with E-state index in [1.54, 1.807) is 0 Å². The predicted molar refractivity (Wildman–Crippen MR) is 116 cm³/mol. The van der Waals surface area contributed by atoms with Crippen LogP contribution in [-0.2, 0) is 4.79 Å². The second-order valence-corrected chi connectivity index (χ2v) is 7.22. The zero-order chi connectivity index (χ0) is 22.4. The summed E-state index contributed by atoms with van der Waals surface area (Å²) in [6, 6.07) is 9.79. The van der Waals surface area contributed by atoms with Crippen LogP contribution in [0.4, 0.5) is 17.1 Å². The number of anilines is 1. The number of ether oxygens (including phenoxy) is 1. The minimum atomic E-state index is -0.580. The molecule has 9 nitrogen and oxygen atoms in total. The molecule has 2 aromatic rings. The molecule has 1 amide bonds. The van der Waals surface area contributed by atoms with Crippen molar-refractivity contribution in [2.24, 2.45) is 4.99 Å². The van der Waals surface area contributed by atoms with Crippen LogP contribution in [0.3, 0.4) is 0 Å². The second-order valence-electron chi connectivity index (χ2n) is 7.22. The van der Waals surface area contributed by atoms with Gasteiger partial charge in [0.15, 0.2) is 0 Å². The molecule has 0 atom stereocenters. The number of nitro groups is 1. The molecule has 1 heterocycles. The van der Waals surface area contributed by atoms with Crippen LogP contribution < -0.4 is 14.7 Å². The molecule has 9 heteroatoms. The Labute approximate surface area is 180 Å². The van der Waals surface area contributed by atoms with Crippen LogP contribution in [0.1, 0.15) is 25.3 Å². The number of nitrogens with zero attached hydrogens (tertiary/aromatic N) is 4. The lowest BCUT2D eigenvalue weighted by atomic mass is 10.1. The summed E-state index contributed by atoms with van der Waals surface area (Å²) in [5, 5.41) is 23.4. The molecule has 164 valence electrons. The van der Waals surface area contributed by atoms with E-state index in [2.05, 4.69) is 9.89 Å². The van der Waals surface area contributed by atoms with Crippen molar-refractivity contribution < 1.29 is 19.6 Å². The quantitative estimate of drug-likeness (QED) is 0.383. The number of carbonyl (C=O) groups excluding carboxylic acids is 1. The zero-order valence-electron chi connectivity index (χ0n) is 17.6. The smallest absolute Gasteiger partial charge is 0.273 e. The van der Waals surface area contributed by atoms with Gasteiger partial charge in [0, 0.05) is 50.6 Å². The third-order valence-corrected chi connectivity index (χ3v) is 5.16. The monoisotopic (exact) mass is 425 g/mol. The molecule has 1 saturated heterocycles. The number of hydrogen-bond donors (Lipinski definition) is 0. The van der Waals surface area contributed by atoms with E-state index in [4.69, 9.17) is 4.74 Å². The van der Waals surface area contributed by atoms with E-state index in [0.29, 0.717) is 25.2 Å². The minimum Gasteiger partial charge on any atom is -0.870 e. The summed E-state index contributed by atoms with van der Waals surface area (Å²) in [4.78, 5) is 30.9. The Balaban J connectivity index is 1.68. The Morgan fingerprint density at radius 2 is 1.87 bits per heavy atom. The van der Waals surface area contributed by atoms with Crippen molar-refractivity contribution in [3.05, 3.63) is 52.1 Å². The van der Waals surface area contributed by atoms with Gasteiger partial charge in [-0.1, -0.05) is 12.7 Å². The van der Waals surface area contributed by atoms with Gasteiger partial charge >= 0.3 is 0 Å². The fourth-order valence-corrected chi connectivity index (χ4v) is 3.44. The molecule has 0 spiro atoms. The van der Waals surface area contributed by atoms with Crippen LogP contribution >= 0.6 is 0 Å². The fraction of sp³-hybridized carbons (Fsp3) is 0.364. The van der Waals surface area contributed by atoms with Crippen molar-refractivity contribution in [2.45, 2.75) is 19.8 Å². The lowest BCUT2D eigenvalue weighted by Crippen LogP contribution is -2.48. The molecule has 1 aliphatic rings. The Morgan fingerprint density at radius 1 is 1.19 bits per heavy atom. The van der Waals surface area contributed by atoms with Crippen LogP contribution in [0.25, 0.3) is 0 Å². The van der Waals surface area contributed by atoms with Gasteiger partial charge < -0.3 is 19.6 Å². The van der Waals surface area contributed by atoms with Crippen molar-refractivity contribution in [3.63, 3.8) is 0 Å². The van der Waals surface area contributed by atoms with E-state index in [1.165, 1.54) is 19.4 Å². The maximum Gasteiger partial charge on any atom is 0.273 e. The van der Waals surface area contributed by atoms with E-state index in [-0.39, 0.29) is 22.9 Å². The molecule has 3 rings (SSSR count). The van der Waals surface area contributed by atoms with Gasteiger partial charge in [0.25, 0.3) is 5.69 Å². The Bertz CT molecular complexity index is 967. The van der Waals surface area contributed by atoms with Crippen molar-refractivity contribution in [2.75, 3.05) is 38.2 Å². The summed E-state index contributed by atoms with van der Waals surface area (Å²) in [5.74, 6) is -0.339. The summed E-state index contributed by atoms with van der Waals surface area (Å²) in [6.07, 6.45) is 2.76. The number of benzene rings is 2. The largest absolute Gasteiger partial charge is 0.870 e. The Hall–Kier alpha value is -3.62. The highest BCUT2D eigenvalue weighted by atomic mass is 16.6. The molecule has 0 saturated carbocycles. The molecule has 1 aliphatic heterocycles. The first-order valence-corrected chi connectivity index (χ1v) is 10.1. The molecule has 1 fully saturated rings. The first-order chi connectivity index (χ1) is 14.9. The van der Waals surface area contributed by atoms with Crippen molar-refractivity contribution in [1.82, 2.24) is 4.90 Å². The number of nitro benzene ring substituents is 1. The van der Waals surface area contributed by atoms with Crippen molar-refractivity contribution >= 4 is 29.2 Å². The summed E-state index contributed by atoms with van der Waals surface area (Å²) in [6.45, 7) is 4.96. The van der Waals surface area contributed by atoms with Crippen LogP contribution in [0, 0.1) is 10.1 Å². The van der Waals surface area contributed by atoms with Crippen molar-refractivity contribution in [3.8, 4) is 11.5 Å². The molecule has 0 radical (unpaired) electrons. The highest BCUT2D eigenvalue weighted by molar-refractivity contribution is 5.87. The predicted octanol–water partition coefficient (Wildman–Crippen LogP) is 2.88. The molecular formula is C22H25N4O5-. The van der Waals surface area contributed by atoms with Gasteiger partial charge in [0.1, 0.15) is 5.75 Å². The summed E-state index contributed by atoms with van der Waals surface area (Å²) in [5.41, 5.74) is 1.50. The first-order valence-electron chi connectivity index (χ1n) is 10.1. The maximum absolute atomic E-state index is 12.3. The van der Waals surface area contributed by atoms with E-state index in [9.17, 15) is 20.0 Å². The fourth-order valence-electron chi connectivity index (χ4n) is 3.44. The zero-order valence-corrected chi connectivity index (χ0v) is 17.6. The van der Waals surface area contributed by atoms with Gasteiger partial charge in [0.05, 0.1) is 23.8 Å². The third kappa shape index (κ3) is 5.30. The molecule has 2 aromatic carbocycles. The summed E-state index contributed by atoms with van der Waals surface area (Å²) in [7, 11) is 1.29. The number of hydrogen-bond acceptors (Lipinski definition) is 7. The number of rotatable bonds is 7. The first kappa shape index (κ1) is 22.1. The third-order valence-electron chi connectivity index (χ3n) is 5.16. The van der Waals surface area contributed by atoms with E-state index < -0.39 is 10.7 Å². The van der Waals surface area contributed by atoms with Crippen molar-refractivity contribution in [1.29, 1.82) is 0 Å². The lowest BCUT2D eigenvalue weighted by molar-refractivity contribution is -0.385. The SMILES string of the molecule is CCCC(=O)N1CCN(c2ccc(N=Cc3cc([N+](=O)[O-])cc(OC)c3[O-])cc2)CC1. The molecule has 0 bridgehead atoms. The van der Waals surface area contributed by atoms with Gasteiger partial charge in [-0.05, 0) is 36.2 Å². The molecular weight excluding hydrogens is 400 g/mol. The topological polar surface area (TPSA) is 111 Å². The van der Waals surface area contributed by atoms with Gasteiger partial charge in [0.2, 0.25) is 5.91 Å². The highest BCUT2D eigenvalue weighted by Crippen LogP contribution is 2.32. The minimum absolute atomic E-state index is 0.0861. The van der Waals surface area contributed by atoms with Gasteiger partial charge in [-0.3, -0.25) is 19.9 Å². The Morgan fingerprint density at radius 3 is 2.45 bits per heavy atom. The number of amides is 1. The van der Waals surface area contributed by atoms with Crippen LogP contribution in [0.15, 0.2) is 41.4 Å². The number of carbonyl (C=O) groups is 1. The molecule has 0 N–H and O–H groups in total. The van der Waals surface area contributed by atoms with E-state index in [1.807, 2.05) is 36.1 Å². The molecule has 0 aromatic heterocycles. The molecule has 31 heavy (non-hydrogen) atoms. The van der Waals surface area contributed by atoms with Crippen LogP contribution in [0.2, 0.25) is 0 Å². The highest BCUT2D eigenvalue weighted by Gasteiger charge is 2.20. The van der Waals surface area contributed by atoms with Gasteiger partial charge in [-0.2, -0.15) is 0 Å². The average Bonchev–Trinajstić information content (AvgIpc) is 2.79.